The van der Waals surface area contributed by atoms with E-state index in [4.69, 9.17) is 4.74 Å². The van der Waals surface area contributed by atoms with E-state index in [0.29, 0.717) is 25.0 Å². The van der Waals surface area contributed by atoms with Crippen molar-refractivity contribution >= 4 is 17.6 Å². The van der Waals surface area contributed by atoms with Crippen molar-refractivity contribution in [1.82, 2.24) is 0 Å². The fourth-order valence-corrected chi connectivity index (χ4v) is 2.74. The second-order valence-electron chi connectivity index (χ2n) is 5.98. The van der Waals surface area contributed by atoms with Crippen molar-refractivity contribution < 1.29 is 32.2 Å². The van der Waals surface area contributed by atoms with Gasteiger partial charge in [0.2, 0.25) is 5.91 Å². The predicted molar refractivity (Wildman–Crippen MR) is 84.3 cm³/mol. The van der Waals surface area contributed by atoms with Gasteiger partial charge in [0.1, 0.15) is 5.92 Å². The molecule has 8 heteroatoms. The summed E-state index contributed by atoms with van der Waals surface area (Å²) in [5.74, 6) is -3.96. The number of aryl methyl sites for hydroxylation is 1. The van der Waals surface area contributed by atoms with E-state index >= 15 is 0 Å². The summed E-state index contributed by atoms with van der Waals surface area (Å²) in [6.45, 7) is 2.07. The zero-order valence-corrected chi connectivity index (χ0v) is 14.0. The lowest BCUT2D eigenvalue weighted by atomic mass is 9.98. The minimum atomic E-state index is -4.67. The number of ether oxygens (including phenoxy) is 2. The predicted octanol–water partition coefficient (Wildman–Crippen LogP) is 3.47. The van der Waals surface area contributed by atoms with E-state index in [0.717, 1.165) is 0 Å². The van der Waals surface area contributed by atoms with E-state index in [1.807, 2.05) is 0 Å². The number of alkyl halides is 3. The Hall–Kier alpha value is -2.09. The third-order valence-corrected chi connectivity index (χ3v) is 4.14. The Bertz CT molecular complexity index is 639. The molecule has 2 rings (SSSR count). The molecule has 1 amide bonds. The van der Waals surface area contributed by atoms with Gasteiger partial charge in [-0.05, 0) is 43.9 Å². The molecule has 0 aromatic heterocycles. The van der Waals surface area contributed by atoms with Crippen LogP contribution in [0.15, 0.2) is 18.2 Å². The molecular weight excluding hydrogens is 339 g/mol. The summed E-state index contributed by atoms with van der Waals surface area (Å²) in [4.78, 5) is 23.8. The Morgan fingerprint density at radius 3 is 2.68 bits per heavy atom. The molecule has 0 radical (unpaired) electrons. The van der Waals surface area contributed by atoms with Crippen molar-refractivity contribution in [1.29, 1.82) is 0 Å². The first-order valence-corrected chi connectivity index (χ1v) is 7.90. The van der Waals surface area contributed by atoms with Crippen molar-refractivity contribution in [2.75, 3.05) is 19.0 Å². The first-order chi connectivity index (χ1) is 11.7. The van der Waals surface area contributed by atoms with E-state index in [-0.39, 0.29) is 11.3 Å². The normalized spacial score (nSPS) is 18.7. The van der Waals surface area contributed by atoms with Crippen LogP contribution in [0.5, 0.6) is 0 Å². The first-order valence-electron chi connectivity index (χ1n) is 7.90. The van der Waals surface area contributed by atoms with E-state index in [1.165, 1.54) is 25.3 Å². The smallest absolute Gasteiger partial charge is 0.400 e. The van der Waals surface area contributed by atoms with Crippen molar-refractivity contribution in [3.8, 4) is 0 Å². The van der Waals surface area contributed by atoms with Crippen LogP contribution in [-0.2, 0) is 14.3 Å². The van der Waals surface area contributed by atoms with E-state index in [2.05, 4.69) is 10.1 Å². The van der Waals surface area contributed by atoms with Crippen LogP contribution < -0.4 is 5.32 Å². The highest BCUT2D eigenvalue weighted by Crippen LogP contribution is 2.34. The molecular formula is C17H20F3NO4. The SMILES string of the molecule is COC(=O)c1cc(NC(=O)C(CC2CCCO2)C(F)(F)F)ccc1C. The number of halogens is 3. The molecule has 1 heterocycles. The maximum atomic E-state index is 13.3. The molecule has 1 N–H and O–H groups in total. The van der Waals surface area contributed by atoms with Crippen LogP contribution in [0, 0.1) is 12.8 Å². The van der Waals surface area contributed by atoms with E-state index < -0.39 is 36.5 Å². The number of amides is 1. The Labute approximate surface area is 143 Å². The van der Waals surface area contributed by atoms with Gasteiger partial charge in [0.25, 0.3) is 0 Å². The molecule has 1 aliphatic rings. The number of anilines is 1. The molecule has 2 atom stereocenters. The van der Waals surface area contributed by atoms with Crippen molar-refractivity contribution in [3.63, 3.8) is 0 Å². The second kappa shape index (κ2) is 7.86. The number of carbonyl (C=O) groups excluding carboxylic acids is 2. The standard InChI is InChI=1S/C17H20F3NO4/c1-10-5-6-11(8-13(10)16(23)24-2)21-15(22)14(17(18,19)20)9-12-4-3-7-25-12/h5-6,8,12,14H,3-4,7,9H2,1-2H3,(H,21,22). The zero-order valence-electron chi connectivity index (χ0n) is 14.0. The molecule has 5 nitrogen and oxygen atoms in total. The lowest BCUT2D eigenvalue weighted by Gasteiger charge is -2.22. The van der Waals surface area contributed by atoms with Gasteiger partial charge in [-0.15, -0.1) is 0 Å². The van der Waals surface area contributed by atoms with Gasteiger partial charge < -0.3 is 14.8 Å². The molecule has 138 valence electrons. The summed E-state index contributed by atoms with van der Waals surface area (Å²) in [5, 5.41) is 2.25. The Morgan fingerprint density at radius 1 is 1.40 bits per heavy atom. The number of rotatable bonds is 5. The molecule has 0 bridgehead atoms. The highest BCUT2D eigenvalue weighted by atomic mass is 19.4. The van der Waals surface area contributed by atoms with Gasteiger partial charge in [0, 0.05) is 12.3 Å². The van der Waals surface area contributed by atoms with Crippen molar-refractivity contribution in [2.24, 2.45) is 5.92 Å². The number of hydrogen-bond acceptors (Lipinski definition) is 4. The number of methoxy groups -OCH3 is 1. The van der Waals surface area contributed by atoms with Gasteiger partial charge >= 0.3 is 12.1 Å². The van der Waals surface area contributed by atoms with Crippen LogP contribution in [0.25, 0.3) is 0 Å². The summed E-state index contributed by atoms with van der Waals surface area (Å²) in [5.41, 5.74) is 0.886. The second-order valence-corrected chi connectivity index (χ2v) is 5.98. The lowest BCUT2D eigenvalue weighted by molar-refractivity contribution is -0.185. The number of esters is 1. The van der Waals surface area contributed by atoms with Crippen LogP contribution >= 0.6 is 0 Å². The maximum absolute atomic E-state index is 13.3. The summed E-state index contributed by atoms with van der Waals surface area (Å²) in [6.07, 6.45) is -4.45. The van der Waals surface area contributed by atoms with Crippen molar-refractivity contribution in [2.45, 2.75) is 38.5 Å². The third-order valence-electron chi connectivity index (χ3n) is 4.14. The monoisotopic (exact) mass is 359 g/mol. The van der Waals surface area contributed by atoms with Gasteiger partial charge in [0.15, 0.2) is 0 Å². The number of carbonyl (C=O) groups is 2. The first kappa shape index (κ1) is 19.2. The average Bonchev–Trinajstić information content (AvgIpc) is 3.05. The van der Waals surface area contributed by atoms with Gasteiger partial charge in [-0.25, -0.2) is 4.79 Å². The Kier molecular flexibility index (Phi) is 6.05. The molecule has 1 fully saturated rings. The van der Waals surface area contributed by atoms with E-state index in [1.54, 1.807) is 6.92 Å². The molecule has 2 unspecified atom stereocenters. The summed E-state index contributed by atoms with van der Waals surface area (Å²) in [7, 11) is 1.20. The highest BCUT2D eigenvalue weighted by Gasteiger charge is 2.46. The van der Waals surface area contributed by atoms with Crippen LogP contribution in [0.2, 0.25) is 0 Å². The Morgan fingerprint density at radius 2 is 2.12 bits per heavy atom. The Balaban J connectivity index is 2.15. The van der Waals surface area contributed by atoms with Crippen molar-refractivity contribution in [3.05, 3.63) is 29.3 Å². The van der Waals surface area contributed by atoms with Crippen LogP contribution in [0.4, 0.5) is 18.9 Å². The number of nitrogens with one attached hydrogen (secondary N) is 1. The summed E-state index contributed by atoms with van der Waals surface area (Å²) in [6, 6.07) is 4.28. The topological polar surface area (TPSA) is 64.6 Å². The van der Waals surface area contributed by atoms with Gasteiger partial charge in [0.05, 0.1) is 18.8 Å². The minimum absolute atomic E-state index is 0.109. The molecule has 1 aromatic carbocycles. The number of benzene rings is 1. The number of hydrogen-bond donors (Lipinski definition) is 1. The molecule has 0 spiro atoms. The largest absolute Gasteiger partial charge is 0.465 e. The van der Waals surface area contributed by atoms with Gasteiger partial charge in [-0.2, -0.15) is 13.2 Å². The molecule has 1 saturated heterocycles. The van der Waals surface area contributed by atoms with Crippen LogP contribution in [-0.4, -0.2) is 37.9 Å². The fraction of sp³-hybridized carbons (Fsp3) is 0.529. The van der Waals surface area contributed by atoms with Crippen LogP contribution in [0.1, 0.15) is 35.2 Å². The molecule has 1 aliphatic heterocycles. The lowest BCUT2D eigenvalue weighted by Crippen LogP contribution is -2.37. The third kappa shape index (κ3) is 4.94. The maximum Gasteiger partial charge on any atom is 0.400 e. The molecule has 25 heavy (non-hydrogen) atoms. The zero-order chi connectivity index (χ0) is 18.6. The van der Waals surface area contributed by atoms with E-state index in [9.17, 15) is 22.8 Å². The summed E-state index contributed by atoms with van der Waals surface area (Å²) >= 11 is 0. The van der Waals surface area contributed by atoms with Gasteiger partial charge in [-0.1, -0.05) is 6.07 Å². The van der Waals surface area contributed by atoms with Gasteiger partial charge in [-0.3, -0.25) is 4.79 Å². The average molecular weight is 359 g/mol. The molecule has 1 aromatic rings. The highest BCUT2D eigenvalue weighted by molar-refractivity contribution is 5.96. The fourth-order valence-electron chi connectivity index (χ4n) is 2.74. The molecule has 0 saturated carbocycles. The minimum Gasteiger partial charge on any atom is -0.465 e. The van der Waals surface area contributed by atoms with Crippen LogP contribution in [0.3, 0.4) is 0 Å². The summed E-state index contributed by atoms with van der Waals surface area (Å²) < 4.78 is 49.6. The quantitative estimate of drug-likeness (QED) is 0.818. The molecule has 0 aliphatic carbocycles.